The van der Waals surface area contributed by atoms with Gasteiger partial charge in [-0.2, -0.15) is 0 Å². The molecule has 0 saturated carbocycles. The van der Waals surface area contributed by atoms with Gasteiger partial charge in [-0.25, -0.2) is 0 Å². The summed E-state index contributed by atoms with van der Waals surface area (Å²) in [6.45, 7) is 0. The van der Waals surface area contributed by atoms with Crippen LogP contribution in [-0.2, 0) is 8.86 Å². The predicted octanol–water partition coefficient (Wildman–Crippen LogP) is 3.46. The lowest BCUT2D eigenvalue weighted by Crippen LogP contribution is -1.94. The summed E-state index contributed by atoms with van der Waals surface area (Å²) in [5.74, 6) is 0. The van der Waals surface area contributed by atoms with Crippen molar-refractivity contribution in [3.05, 3.63) is 39.4 Å². The molecule has 0 spiro atoms. The van der Waals surface area contributed by atoms with Gasteiger partial charge in [0.15, 0.2) is 0 Å². The number of hydrogen-bond donors (Lipinski definition) is 0. The molecule has 0 aromatic heterocycles. The molecular formula is C8H7I2NO2. The highest BCUT2D eigenvalue weighted by Crippen LogP contribution is 2.23. The molecule has 0 heterocycles. The van der Waals surface area contributed by atoms with Crippen LogP contribution in [0.3, 0.4) is 0 Å². The van der Waals surface area contributed by atoms with E-state index in [1.54, 1.807) is 6.07 Å². The SMILES string of the molecule is O=[N+]([O-])c1cc(CI)ccc1CI. The Hall–Kier alpha value is 0.0800. The first kappa shape index (κ1) is 11.2. The van der Waals surface area contributed by atoms with Crippen LogP contribution in [0, 0.1) is 10.1 Å². The smallest absolute Gasteiger partial charge is 0.258 e. The van der Waals surface area contributed by atoms with Gasteiger partial charge >= 0.3 is 0 Å². The highest BCUT2D eigenvalue weighted by atomic mass is 127. The van der Waals surface area contributed by atoms with E-state index < -0.39 is 0 Å². The van der Waals surface area contributed by atoms with E-state index >= 15 is 0 Å². The maximum absolute atomic E-state index is 10.6. The molecule has 0 radical (unpaired) electrons. The van der Waals surface area contributed by atoms with Crippen molar-refractivity contribution in [2.45, 2.75) is 8.86 Å². The zero-order valence-electron chi connectivity index (χ0n) is 6.67. The number of hydrogen-bond acceptors (Lipinski definition) is 2. The van der Waals surface area contributed by atoms with E-state index in [1.165, 1.54) is 0 Å². The van der Waals surface area contributed by atoms with Gasteiger partial charge in [-0.1, -0.05) is 57.3 Å². The van der Waals surface area contributed by atoms with Crippen molar-refractivity contribution in [1.29, 1.82) is 0 Å². The zero-order chi connectivity index (χ0) is 9.84. The van der Waals surface area contributed by atoms with Gasteiger partial charge < -0.3 is 0 Å². The van der Waals surface area contributed by atoms with E-state index in [9.17, 15) is 10.1 Å². The van der Waals surface area contributed by atoms with E-state index in [0.717, 1.165) is 15.6 Å². The average molecular weight is 403 g/mol. The van der Waals surface area contributed by atoms with Crippen molar-refractivity contribution < 1.29 is 4.92 Å². The van der Waals surface area contributed by atoms with Gasteiger partial charge in [-0.15, -0.1) is 0 Å². The highest BCUT2D eigenvalue weighted by Gasteiger charge is 2.12. The van der Waals surface area contributed by atoms with Gasteiger partial charge in [0.2, 0.25) is 0 Å². The van der Waals surface area contributed by atoms with Crippen LogP contribution in [0.5, 0.6) is 0 Å². The zero-order valence-corrected chi connectivity index (χ0v) is 11.0. The molecule has 0 bridgehead atoms. The maximum atomic E-state index is 10.6. The summed E-state index contributed by atoms with van der Waals surface area (Å²) in [5, 5.41) is 10.6. The topological polar surface area (TPSA) is 43.1 Å². The molecular weight excluding hydrogens is 396 g/mol. The molecule has 1 aromatic carbocycles. The van der Waals surface area contributed by atoms with Gasteiger partial charge in [0.05, 0.1) is 4.92 Å². The van der Waals surface area contributed by atoms with Crippen LogP contribution in [-0.4, -0.2) is 4.92 Å². The minimum absolute atomic E-state index is 0.239. The summed E-state index contributed by atoms with van der Waals surface area (Å²) < 4.78 is 1.48. The van der Waals surface area contributed by atoms with Crippen LogP contribution >= 0.6 is 45.2 Å². The van der Waals surface area contributed by atoms with Gasteiger partial charge in [0.1, 0.15) is 0 Å². The van der Waals surface area contributed by atoms with Crippen LogP contribution in [0.15, 0.2) is 18.2 Å². The average Bonchev–Trinajstić information content (AvgIpc) is 2.16. The lowest BCUT2D eigenvalue weighted by Gasteiger charge is -2.00. The molecule has 1 rings (SSSR count). The Balaban J connectivity index is 3.18. The fourth-order valence-electron chi connectivity index (χ4n) is 0.976. The molecule has 0 fully saturated rings. The first-order valence-electron chi connectivity index (χ1n) is 3.57. The third-order valence-corrected chi connectivity index (χ3v) is 3.35. The van der Waals surface area contributed by atoms with Crippen molar-refractivity contribution in [2.24, 2.45) is 0 Å². The van der Waals surface area contributed by atoms with Crippen LogP contribution in [0.25, 0.3) is 0 Å². The fourth-order valence-corrected chi connectivity index (χ4v) is 2.09. The maximum Gasteiger partial charge on any atom is 0.273 e. The van der Waals surface area contributed by atoms with Gasteiger partial charge in [0, 0.05) is 20.5 Å². The van der Waals surface area contributed by atoms with E-state index in [-0.39, 0.29) is 10.6 Å². The molecule has 70 valence electrons. The normalized spacial score (nSPS) is 10.0. The fraction of sp³-hybridized carbons (Fsp3) is 0.250. The number of alkyl halides is 2. The van der Waals surface area contributed by atoms with Crippen LogP contribution in [0.4, 0.5) is 5.69 Å². The van der Waals surface area contributed by atoms with E-state index in [2.05, 4.69) is 45.2 Å². The minimum atomic E-state index is -0.316. The molecule has 1 aromatic rings. The summed E-state index contributed by atoms with van der Waals surface area (Å²) in [7, 11) is 0. The third-order valence-electron chi connectivity index (χ3n) is 1.64. The molecule has 0 atom stereocenters. The van der Waals surface area contributed by atoms with Gasteiger partial charge in [0.25, 0.3) is 5.69 Å². The molecule has 0 N–H and O–H groups in total. The predicted molar refractivity (Wildman–Crippen MR) is 68.5 cm³/mol. The monoisotopic (exact) mass is 403 g/mol. The molecule has 5 heteroatoms. The standard InChI is InChI=1S/C8H7I2NO2/c9-4-6-1-2-7(5-10)8(3-6)11(12)13/h1-3H,4-5H2. The summed E-state index contributed by atoms with van der Waals surface area (Å²) in [5.41, 5.74) is 2.03. The van der Waals surface area contributed by atoms with Gasteiger partial charge in [-0.05, 0) is 5.56 Å². The minimum Gasteiger partial charge on any atom is -0.258 e. The molecule has 3 nitrogen and oxygen atoms in total. The number of nitrogens with zero attached hydrogens (tertiary/aromatic N) is 1. The van der Waals surface area contributed by atoms with E-state index in [4.69, 9.17) is 0 Å². The molecule has 0 amide bonds. The summed E-state index contributed by atoms with van der Waals surface area (Å²) in [6.07, 6.45) is 0. The third kappa shape index (κ3) is 2.76. The second-order valence-electron chi connectivity index (χ2n) is 2.49. The number of halogens is 2. The Bertz CT molecular complexity index is 328. The Morgan fingerprint density at radius 2 is 2.00 bits per heavy atom. The largest absolute Gasteiger partial charge is 0.273 e. The summed E-state index contributed by atoms with van der Waals surface area (Å²) in [4.78, 5) is 10.3. The Labute approximate surface area is 103 Å². The van der Waals surface area contributed by atoms with Crippen LogP contribution < -0.4 is 0 Å². The Morgan fingerprint density at radius 3 is 2.46 bits per heavy atom. The molecule has 0 unspecified atom stereocenters. The van der Waals surface area contributed by atoms with Crippen molar-refractivity contribution >= 4 is 50.9 Å². The lowest BCUT2D eigenvalue weighted by atomic mass is 10.1. The quantitative estimate of drug-likeness (QED) is 0.336. The van der Waals surface area contributed by atoms with Crippen molar-refractivity contribution in [1.82, 2.24) is 0 Å². The van der Waals surface area contributed by atoms with Crippen molar-refractivity contribution in [3.8, 4) is 0 Å². The van der Waals surface area contributed by atoms with Crippen LogP contribution in [0.1, 0.15) is 11.1 Å². The Kier molecular flexibility index (Phi) is 4.36. The second-order valence-corrected chi connectivity index (χ2v) is 4.01. The molecule has 0 aliphatic rings. The number of nitro benzene ring substituents is 1. The number of benzene rings is 1. The van der Waals surface area contributed by atoms with E-state index in [1.807, 2.05) is 12.1 Å². The Morgan fingerprint density at radius 1 is 1.31 bits per heavy atom. The number of nitro groups is 1. The first-order valence-corrected chi connectivity index (χ1v) is 6.62. The second kappa shape index (κ2) is 5.08. The van der Waals surface area contributed by atoms with Crippen molar-refractivity contribution in [2.75, 3.05) is 0 Å². The van der Waals surface area contributed by atoms with E-state index in [0.29, 0.717) is 4.43 Å². The van der Waals surface area contributed by atoms with Crippen LogP contribution in [0.2, 0.25) is 0 Å². The van der Waals surface area contributed by atoms with Gasteiger partial charge in [-0.3, -0.25) is 10.1 Å². The highest BCUT2D eigenvalue weighted by molar-refractivity contribution is 14.1. The van der Waals surface area contributed by atoms with Crippen molar-refractivity contribution in [3.63, 3.8) is 0 Å². The molecule has 0 saturated heterocycles. The summed E-state index contributed by atoms with van der Waals surface area (Å²) in [6, 6.07) is 5.42. The molecule has 13 heavy (non-hydrogen) atoms. The number of rotatable bonds is 3. The molecule has 0 aliphatic carbocycles. The lowest BCUT2D eigenvalue weighted by molar-refractivity contribution is -0.385. The summed E-state index contributed by atoms with van der Waals surface area (Å²) >= 11 is 4.32. The molecule has 0 aliphatic heterocycles. The first-order chi connectivity index (χ1) is 6.19.